The zero-order chi connectivity index (χ0) is 16.5. The van der Waals surface area contributed by atoms with Gasteiger partial charge in [-0.05, 0) is 51.9 Å². The number of carbonyl (C=O) groups is 1. The Morgan fingerprint density at radius 3 is 2.79 bits per heavy atom. The van der Waals surface area contributed by atoms with E-state index in [4.69, 9.17) is 0 Å². The van der Waals surface area contributed by atoms with Gasteiger partial charge in [-0.2, -0.15) is 0 Å². The Morgan fingerprint density at radius 2 is 2.00 bits per heavy atom. The minimum absolute atomic E-state index is 0.166. The van der Waals surface area contributed by atoms with Gasteiger partial charge in [0.1, 0.15) is 6.33 Å². The van der Waals surface area contributed by atoms with Crippen molar-refractivity contribution in [3.05, 3.63) is 66.6 Å². The average Bonchev–Trinajstić information content (AvgIpc) is 3.15. The number of pyridine rings is 1. The molecule has 1 N–H and O–H groups in total. The Labute approximate surface area is 136 Å². The molecule has 4 aromatic rings. The first-order chi connectivity index (χ1) is 11.7. The van der Waals surface area contributed by atoms with E-state index in [-0.39, 0.29) is 5.56 Å². The number of rotatable bonds is 3. The lowest BCUT2D eigenvalue weighted by Gasteiger charge is -2.10. The number of benzene rings is 2. The molecule has 0 bridgehead atoms. The fraction of sp³-hybridized carbons (Fsp3) is 0. The minimum atomic E-state index is -1.01. The van der Waals surface area contributed by atoms with Crippen molar-refractivity contribution in [3.63, 3.8) is 0 Å². The van der Waals surface area contributed by atoms with Crippen LogP contribution in [0.2, 0.25) is 0 Å². The standard InChI is InChI=1S/C17H11N5O2/c23-17(24)12-7-11(8-13(9-12)22-10-19-20-21-22)14-3-1-5-16-15(14)4-2-6-18-16/h1-10H,(H,23,24). The van der Waals surface area contributed by atoms with Crippen molar-refractivity contribution in [2.24, 2.45) is 0 Å². The second-order valence-corrected chi connectivity index (χ2v) is 5.20. The zero-order valence-corrected chi connectivity index (χ0v) is 12.4. The highest BCUT2D eigenvalue weighted by Crippen LogP contribution is 2.30. The Kier molecular flexibility index (Phi) is 3.24. The highest BCUT2D eigenvalue weighted by molar-refractivity contribution is 5.97. The monoisotopic (exact) mass is 317 g/mol. The van der Waals surface area contributed by atoms with Gasteiger partial charge in [-0.15, -0.1) is 5.10 Å². The zero-order valence-electron chi connectivity index (χ0n) is 12.4. The molecule has 0 radical (unpaired) electrons. The number of aromatic nitrogens is 5. The van der Waals surface area contributed by atoms with Gasteiger partial charge in [-0.3, -0.25) is 4.98 Å². The van der Waals surface area contributed by atoms with Crippen molar-refractivity contribution in [2.75, 3.05) is 0 Å². The largest absolute Gasteiger partial charge is 0.478 e. The number of carboxylic acids is 1. The summed E-state index contributed by atoms with van der Waals surface area (Å²) in [6, 6.07) is 14.6. The predicted molar refractivity (Wildman–Crippen MR) is 86.9 cm³/mol. The van der Waals surface area contributed by atoms with E-state index in [0.29, 0.717) is 5.69 Å². The van der Waals surface area contributed by atoms with Gasteiger partial charge in [-0.1, -0.05) is 18.2 Å². The fourth-order valence-electron chi connectivity index (χ4n) is 2.66. The number of hydrogen-bond acceptors (Lipinski definition) is 5. The maximum Gasteiger partial charge on any atom is 0.335 e. The van der Waals surface area contributed by atoms with Gasteiger partial charge in [0.05, 0.1) is 16.8 Å². The van der Waals surface area contributed by atoms with Gasteiger partial charge in [0, 0.05) is 11.6 Å². The maximum atomic E-state index is 11.5. The van der Waals surface area contributed by atoms with Crippen LogP contribution in [-0.4, -0.2) is 36.3 Å². The summed E-state index contributed by atoms with van der Waals surface area (Å²) in [7, 11) is 0. The third-order valence-electron chi connectivity index (χ3n) is 3.73. The lowest BCUT2D eigenvalue weighted by Crippen LogP contribution is -2.02. The van der Waals surface area contributed by atoms with Crippen molar-refractivity contribution in [3.8, 4) is 16.8 Å². The molecule has 2 aromatic heterocycles. The van der Waals surface area contributed by atoms with Crippen LogP contribution in [-0.2, 0) is 0 Å². The van der Waals surface area contributed by atoms with Crippen LogP contribution in [0.3, 0.4) is 0 Å². The van der Waals surface area contributed by atoms with Gasteiger partial charge in [0.25, 0.3) is 0 Å². The summed E-state index contributed by atoms with van der Waals surface area (Å²) >= 11 is 0. The van der Waals surface area contributed by atoms with E-state index in [0.717, 1.165) is 22.0 Å². The molecular formula is C17H11N5O2. The first kappa shape index (κ1) is 14.0. The predicted octanol–water partition coefficient (Wildman–Crippen LogP) is 2.58. The van der Waals surface area contributed by atoms with E-state index in [1.807, 2.05) is 36.4 Å². The summed E-state index contributed by atoms with van der Waals surface area (Å²) in [4.78, 5) is 15.8. The van der Waals surface area contributed by atoms with E-state index in [9.17, 15) is 9.90 Å². The third kappa shape index (κ3) is 2.38. The van der Waals surface area contributed by atoms with E-state index < -0.39 is 5.97 Å². The summed E-state index contributed by atoms with van der Waals surface area (Å²) in [6.07, 6.45) is 3.15. The Bertz CT molecular complexity index is 1040. The Hall–Kier alpha value is -3.61. The molecule has 0 aliphatic heterocycles. The van der Waals surface area contributed by atoms with Crippen LogP contribution in [0.4, 0.5) is 0 Å². The van der Waals surface area contributed by atoms with Crippen LogP contribution in [0, 0.1) is 0 Å². The summed E-state index contributed by atoms with van der Waals surface area (Å²) in [5.74, 6) is -1.01. The van der Waals surface area contributed by atoms with Gasteiger partial charge >= 0.3 is 5.97 Å². The molecule has 0 saturated carbocycles. The van der Waals surface area contributed by atoms with Gasteiger partial charge in [0.2, 0.25) is 0 Å². The molecule has 0 unspecified atom stereocenters. The molecular weight excluding hydrogens is 306 g/mol. The van der Waals surface area contributed by atoms with Crippen molar-refractivity contribution in [1.29, 1.82) is 0 Å². The molecule has 2 aromatic carbocycles. The van der Waals surface area contributed by atoms with E-state index in [1.165, 1.54) is 17.1 Å². The molecule has 0 amide bonds. The van der Waals surface area contributed by atoms with Crippen LogP contribution >= 0.6 is 0 Å². The molecule has 7 nitrogen and oxygen atoms in total. The van der Waals surface area contributed by atoms with Gasteiger partial charge in [0.15, 0.2) is 0 Å². The third-order valence-corrected chi connectivity index (χ3v) is 3.73. The van der Waals surface area contributed by atoms with E-state index >= 15 is 0 Å². The fourth-order valence-corrected chi connectivity index (χ4v) is 2.66. The molecule has 0 spiro atoms. The summed E-state index contributed by atoms with van der Waals surface area (Å²) in [5, 5.41) is 21.4. The number of hydrogen-bond donors (Lipinski definition) is 1. The molecule has 0 fully saturated rings. The molecule has 7 heteroatoms. The molecule has 0 aliphatic rings. The first-order valence-electron chi connectivity index (χ1n) is 7.18. The highest BCUT2D eigenvalue weighted by Gasteiger charge is 2.12. The minimum Gasteiger partial charge on any atom is -0.478 e. The molecule has 24 heavy (non-hydrogen) atoms. The molecule has 116 valence electrons. The lowest BCUT2D eigenvalue weighted by atomic mass is 9.98. The van der Waals surface area contributed by atoms with Crippen molar-refractivity contribution >= 4 is 16.9 Å². The molecule has 2 heterocycles. The molecule has 0 saturated heterocycles. The number of carboxylic acid groups (broad SMARTS) is 1. The van der Waals surface area contributed by atoms with Crippen LogP contribution in [0.15, 0.2) is 61.1 Å². The van der Waals surface area contributed by atoms with Crippen LogP contribution in [0.25, 0.3) is 27.7 Å². The van der Waals surface area contributed by atoms with Crippen molar-refractivity contribution in [2.45, 2.75) is 0 Å². The SMILES string of the molecule is O=C(O)c1cc(-c2cccc3ncccc23)cc(-n2cnnn2)c1. The smallest absolute Gasteiger partial charge is 0.335 e. The van der Waals surface area contributed by atoms with Gasteiger partial charge < -0.3 is 5.11 Å². The van der Waals surface area contributed by atoms with E-state index in [2.05, 4.69) is 20.5 Å². The number of aromatic carboxylic acids is 1. The van der Waals surface area contributed by atoms with Crippen LogP contribution in [0.1, 0.15) is 10.4 Å². The molecule has 0 aliphatic carbocycles. The number of tetrazole rings is 1. The second kappa shape index (κ2) is 5.54. The topological polar surface area (TPSA) is 93.8 Å². The summed E-state index contributed by atoms with van der Waals surface area (Å²) < 4.78 is 1.43. The van der Waals surface area contributed by atoms with Crippen LogP contribution in [0.5, 0.6) is 0 Å². The molecule has 0 atom stereocenters. The number of fused-ring (bicyclic) bond motifs is 1. The maximum absolute atomic E-state index is 11.5. The van der Waals surface area contributed by atoms with Gasteiger partial charge in [-0.25, -0.2) is 9.48 Å². The average molecular weight is 317 g/mol. The quantitative estimate of drug-likeness (QED) is 0.624. The lowest BCUT2D eigenvalue weighted by molar-refractivity contribution is 0.0697. The normalized spacial score (nSPS) is 10.8. The Morgan fingerprint density at radius 1 is 1.08 bits per heavy atom. The first-order valence-corrected chi connectivity index (χ1v) is 7.18. The molecule has 4 rings (SSSR count). The van der Waals surface area contributed by atoms with Crippen molar-refractivity contribution < 1.29 is 9.90 Å². The summed E-state index contributed by atoms with van der Waals surface area (Å²) in [6.45, 7) is 0. The van der Waals surface area contributed by atoms with E-state index in [1.54, 1.807) is 12.3 Å². The number of nitrogens with zero attached hydrogens (tertiary/aromatic N) is 5. The second-order valence-electron chi connectivity index (χ2n) is 5.20. The Balaban J connectivity index is 1.99. The van der Waals surface area contributed by atoms with Crippen molar-refractivity contribution in [1.82, 2.24) is 25.2 Å². The summed E-state index contributed by atoms with van der Waals surface area (Å²) in [5.41, 5.74) is 3.26. The highest BCUT2D eigenvalue weighted by atomic mass is 16.4. The van der Waals surface area contributed by atoms with Crippen LogP contribution < -0.4 is 0 Å².